The fraction of sp³-hybridized carbons (Fsp3) is 0.773. The van der Waals surface area contributed by atoms with Crippen LogP contribution in [0.25, 0.3) is 0 Å². The second-order valence-electron chi connectivity index (χ2n) is 9.87. The van der Waals surface area contributed by atoms with E-state index in [1.165, 1.54) is 6.42 Å². The van der Waals surface area contributed by atoms with E-state index >= 15 is 0 Å². The first-order valence-corrected chi connectivity index (χ1v) is 10.4. The number of nitrogens with zero attached hydrogens (tertiary/aromatic N) is 1. The van der Waals surface area contributed by atoms with Crippen molar-refractivity contribution < 1.29 is 14.8 Å². The van der Waals surface area contributed by atoms with Gasteiger partial charge in [0.05, 0.1) is 4.92 Å². The highest BCUT2D eigenvalue weighted by atomic mass is 16.6. The number of hydrogen-bond donors (Lipinski definition) is 1. The number of allylic oxidation sites excluding steroid dienone is 3. The fourth-order valence-corrected chi connectivity index (χ4v) is 7.61. The lowest BCUT2D eigenvalue weighted by Gasteiger charge is -2.59. The molecule has 0 amide bonds. The van der Waals surface area contributed by atoms with E-state index in [1.807, 2.05) is 0 Å². The molecule has 4 aliphatic carbocycles. The minimum absolute atomic E-state index is 0.247. The van der Waals surface area contributed by atoms with Gasteiger partial charge in [-0.1, -0.05) is 32.4 Å². The van der Waals surface area contributed by atoms with Gasteiger partial charge in [-0.15, -0.1) is 0 Å². The molecule has 148 valence electrons. The molecule has 0 aromatic heterocycles. The molecular weight excluding hydrogens is 342 g/mol. The van der Waals surface area contributed by atoms with Gasteiger partial charge in [0.25, 0.3) is 5.78 Å². The number of rotatable bonds is 1. The predicted molar refractivity (Wildman–Crippen MR) is 102 cm³/mol. The quantitative estimate of drug-likeness (QED) is 0.422. The maximum atomic E-state index is 12.4. The molecule has 7 atom stereocenters. The molecule has 4 rings (SSSR count). The molecular formula is C22H31NO4. The zero-order valence-corrected chi connectivity index (χ0v) is 16.8. The number of hydrogen-bond acceptors (Lipinski definition) is 4. The Bertz CT molecular complexity index is 768. The van der Waals surface area contributed by atoms with Gasteiger partial charge < -0.3 is 5.11 Å². The van der Waals surface area contributed by atoms with Crippen LogP contribution in [0.2, 0.25) is 0 Å². The van der Waals surface area contributed by atoms with Crippen LogP contribution in [0.5, 0.6) is 0 Å². The van der Waals surface area contributed by atoms with Gasteiger partial charge in [-0.2, -0.15) is 0 Å². The summed E-state index contributed by atoms with van der Waals surface area (Å²) in [7, 11) is 0. The summed E-state index contributed by atoms with van der Waals surface area (Å²) in [5.41, 5.74) is 1.79. The molecule has 0 spiro atoms. The number of carbonyl (C=O) groups is 1. The maximum absolute atomic E-state index is 12.4. The average Bonchev–Trinajstić information content (AvgIpc) is 2.93. The lowest BCUT2D eigenvalue weighted by Crippen LogP contribution is -2.55. The highest BCUT2D eigenvalue weighted by Gasteiger charge is 2.62. The summed E-state index contributed by atoms with van der Waals surface area (Å²) in [5.74, 6) is 1.06. The Kier molecular flexibility index (Phi) is 4.19. The summed E-state index contributed by atoms with van der Waals surface area (Å²) < 4.78 is 0. The molecule has 0 heterocycles. The number of aliphatic hydroxyl groups is 1. The molecule has 0 aromatic rings. The zero-order valence-electron chi connectivity index (χ0n) is 16.8. The molecule has 0 bridgehead atoms. The molecule has 0 saturated heterocycles. The van der Waals surface area contributed by atoms with Crippen molar-refractivity contribution in [1.82, 2.24) is 0 Å². The van der Waals surface area contributed by atoms with Crippen LogP contribution in [0.3, 0.4) is 0 Å². The molecule has 4 aliphatic rings. The van der Waals surface area contributed by atoms with Crippen LogP contribution in [-0.2, 0) is 4.79 Å². The van der Waals surface area contributed by atoms with Crippen molar-refractivity contribution in [3.05, 3.63) is 33.0 Å². The Labute approximate surface area is 161 Å². The minimum atomic E-state index is -1.24. The SMILES string of the molecule is CC=C1CC[C@H]2[C@@H]3[C@H](C)CC4=C([N+](=O)[O-])C(=O)C(O)C[C@]4(C)[C@H]3CC[C@]12C. The average molecular weight is 373 g/mol. The van der Waals surface area contributed by atoms with Crippen molar-refractivity contribution in [1.29, 1.82) is 0 Å². The Morgan fingerprint density at radius 3 is 2.52 bits per heavy atom. The number of nitro groups is 1. The number of Topliss-reactive ketones (excluding diaryl/α,β-unsaturated/α-hetero) is 1. The van der Waals surface area contributed by atoms with Crippen molar-refractivity contribution in [2.45, 2.75) is 72.3 Å². The van der Waals surface area contributed by atoms with Crippen LogP contribution in [0.4, 0.5) is 0 Å². The van der Waals surface area contributed by atoms with Crippen molar-refractivity contribution in [2.24, 2.45) is 34.5 Å². The van der Waals surface area contributed by atoms with Crippen LogP contribution in [0.1, 0.15) is 66.2 Å². The smallest absolute Gasteiger partial charge is 0.314 e. The summed E-state index contributed by atoms with van der Waals surface area (Å²) in [6, 6.07) is 0. The monoisotopic (exact) mass is 373 g/mol. The Morgan fingerprint density at radius 1 is 1.22 bits per heavy atom. The summed E-state index contributed by atoms with van der Waals surface area (Å²) in [6.45, 7) is 8.86. The van der Waals surface area contributed by atoms with Gasteiger partial charge in [-0.05, 0) is 74.5 Å². The Balaban J connectivity index is 1.82. The maximum Gasteiger partial charge on any atom is 0.314 e. The van der Waals surface area contributed by atoms with Crippen molar-refractivity contribution in [2.75, 3.05) is 0 Å². The molecule has 3 saturated carbocycles. The second kappa shape index (κ2) is 6.00. The molecule has 5 nitrogen and oxygen atoms in total. The van der Waals surface area contributed by atoms with E-state index in [1.54, 1.807) is 5.57 Å². The van der Waals surface area contributed by atoms with Crippen molar-refractivity contribution >= 4 is 5.78 Å². The standard InChI is InChI=1S/C22H31NO4/c1-5-13-6-7-14-18-12(2)10-16-19(23(26)27)20(25)17(24)11-22(16,4)15(18)8-9-21(13,14)3/h5,12,14-15,17-18,24H,6-11H2,1-4H3/t12-,14+,15+,17?,18+,21-,22-/m1/s1. The molecule has 0 aromatic carbocycles. The van der Waals surface area contributed by atoms with Gasteiger partial charge in [-0.3, -0.25) is 14.9 Å². The second-order valence-corrected chi connectivity index (χ2v) is 9.87. The van der Waals surface area contributed by atoms with E-state index in [0.717, 1.165) is 19.3 Å². The molecule has 0 radical (unpaired) electrons. The summed E-state index contributed by atoms with van der Waals surface area (Å²) in [5, 5.41) is 22.1. The van der Waals surface area contributed by atoms with Crippen molar-refractivity contribution in [3.63, 3.8) is 0 Å². The normalized spacial score (nSPS) is 48.3. The van der Waals surface area contributed by atoms with Gasteiger partial charge >= 0.3 is 5.70 Å². The first-order chi connectivity index (χ1) is 12.6. The van der Waals surface area contributed by atoms with Crippen LogP contribution in [0, 0.1) is 44.6 Å². The largest absolute Gasteiger partial charge is 0.385 e. The van der Waals surface area contributed by atoms with E-state index in [0.29, 0.717) is 42.1 Å². The van der Waals surface area contributed by atoms with Gasteiger partial charge in [0, 0.05) is 11.0 Å². The zero-order chi connectivity index (χ0) is 19.7. The molecule has 0 aliphatic heterocycles. The molecule has 5 heteroatoms. The molecule has 3 fully saturated rings. The molecule has 1 unspecified atom stereocenters. The van der Waals surface area contributed by atoms with Gasteiger partial charge in [-0.25, -0.2) is 0 Å². The number of carbonyl (C=O) groups excluding carboxylic acids is 1. The van der Waals surface area contributed by atoms with Crippen LogP contribution < -0.4 is 0 Å². The Hall–Kier alpha value is -1.49. The van der Waals surface area contributed by atoms with Gasteiger partial charge in [0.15, 0.2) is 0 Å². The summed E-state index contributed by atoms with van der Waals surface area (Å²) in [6.07, 6.45) is 6.49. The van der Waals surface area contributed by atoms with E-state index in [2.05, 4.69) is 33.8 Å². The number of aliphatic hydroxyl groups excluding tert-OH is 1. The third-order valence-electron chi connectivity index (χ3n) is 8.84. The summed E-state index contributed by atoms with van der Waals surface area (Å²) in [4.78, 5) is 23.6. The first-order valence-electron chi connectivity index (χ1n) is 10.4. The third kappa shape index (κ3) is 2.36. The van der Waals surface area contributed by atoms with Gasteiger partial charge in [0.2, 0.25) is 0 Å². The van der Waals surface area contributed by atoms with Crippen LogP contribution in [-0.4, -0.2) is 21.9 Å². The van der Waals surface area contributed by atoms with E-state index in [-0.39, 0.29) is 11.1 Å². The summed E-state index contributed by atoms with van der Waals surface area (Å²) >= 11 is 0. The van der Waals surface area contributed by atoms with Crippen LogP contribution >= 0.6 is 0 Å². The lowest BCUT2D eigenvalue weighted by molar-refractivity contribution is -0.423. The molecule has 27 heavy (non-hydrogen) atoms. The predicted octanol–water partition coefficient (Wildman–Crippen LogP) is 4.29. The first kappa shape index (κ1) is 18.9. The van der Waals surface area contributed by atoms with E-state index < -0.39 is 22.2 Å². The highest BCUT2D eigenvalue weighted by molar-refractivity contribution is 5.98. The van der Waals surface area contributed by atoms with Gasteiger partial charge in [0.1, 0.15) is 6.10 Å². The number of ketones is 1. The lowest BCUT2D eigenvalue weighted by atomic mass is 9.44. The Morgan fingerprint density at radius 2 is 1.89 bits per heavy atom. The van der Waals surface area contributed by atoms with E-state index in [9.17, 15) is 20.0 Å². The van der Waals surface area contributed by atoms with Crippen LogP contribution in [0.15, 0.2) is 22.9 Å². The number of fused-ring (bicyclic) bond motifs is 5. The third-order valence-corrected chi connectivity index (χ3v) is 8.84. The topological polar surface area (TPSA) is 80.4 Å². The molecule has 1 N–H and O–H groups in total. The van der Waals surface area contributed by atoms with E-state index in [4.69, 9.17) is 0 Å². The van der Waals surface area contributed by atoms with Crippen molar-refractivity contribution in [3.8, 4) is 0 Å². The highest BCUT2D eigenvalue weighted by Crippen LogP contribution is 2.68. The fourth-order valence-electron chi connectivity index (χ4n) is 7.61. The minimum Gasteiger partial charge on any atom is -0.385 e.